The zero-order valence-corrected chi connectivity index (χ0v) is 15.7. The lowest BCUT2D eigenvalue weighted by atomic mass is 10.2. The number of benzene rings is 2. The lowest BCUT2D eigenvalue weighted by Gasteiger charge is -2.04. The average Bonchev–Trinajstić information content (AvgIpc) is 2.62. The summed E-state index contributed by atoms with van der Waals surface area (Å²) in [7, 11) is 0. The number of nitrogens with one attached hydrogen (secondary N) is 2. The average molecular weight is 466 g/mol. The maximum atomic E-state index is 11.8. The Kier molecular flexibility index (Phi) is 7.21. The second-order valence-corrected chi connectivity index (χ2v) is 6.44. The van der Waals surface area contributed by atoms with Gasteiger partial charge in [-0.05, 0) is 64.6 Å². The van der Waals surface area contributed by atoms with Crippen molar-refractivity contribution in [3.05, 3.63) is 67.8 Å². The van der Waals surface area contributed by atoms with Crippen molar-refractivity contribution in [2.45, 2.75) is 12.8 Å². The molecule has 0 aliphatic carbocycles. The highest BCUT2D eigenvalue weighted by atomic mass is 127. The summed E-state index contributed by atoms with van der Waals surface area (Å²) >= 11 is 2.17. The third-order valence-electron chi connectivity index (χ3n) is 3.21. The third-order valence-corrected chi connectivity index (χ3v) is 3.93. The van der Waals surface area contributed by atoms with E-state index in [2.05, 4.69) is 38.4 Å². The Morgan fingerprint density at radius 1 is 1.04 bits per heavy atom. The monoisotopic (exact) mass is 466 g/mol. The fourth-order valence-corrected chi connectivity index (χ4v) is 2.26. The summed E-state index contributed by atoms with van der Waals surface area (Å²) in [4.78, 5) is 33.5. The molecule has 0 aliphatic heterocycles. The predicted octanol–water partition coefficient (Wildman–Crippen LogP) is 3.07. The highest BCUT2D eigenvalue weighted by Gasteiger charge is 2.07. The Bertz CT molecular complexity index is 820. The van der Waals surface area contributed by atoms with E-state index in [0.29, 0.717) is 11.3 Å². The molecule has 0 heterocycles. The van der Waals surface area contributed by atoms with Gasteiger partial charge in [0.05, 0.1) is 11.1 Å². The molecule has 2 aromatic rings. The molecular formula is C17H15IN4O4. The fraction of sp³-hybridized carbons (Fsp3) is 0.118. The van der Waals surface area contributed by atoms with Gasteiger partial charge < -0.3 is 5.32 Å². The van der Waals surface area contributed by atoms with Crippen molar-refractivity contribution in [3.63, 3.8) is 0 Å². The summed E-state index contributed by atoms with van der Waals surface area (Å²) in [5, 5.41) is 17.0. The molecule has 0 spiro atoms. The van der Waals surface area contributed by atoms with Gasteiger partial charge in [0, 0.05) is 34.2 Å². The highest BCUT2D eigenvalue weighted by Crippen LogP contribution is 2.12. The van der Waals surface area contributed by atoms with E-state index in [-0.39, 0.29) is 24.4 Å². The van der Waals surface area contributed by atoms with Gasteiger partial charge in [0.15, 0.2) is 0 Å². The van der Waals surface area contributed by atoms with Gasteiger partial charge in [-0.15, -0.1) is 0 Å². The van der Waals surface area contributed by atoms with Gasteiger partial charge in [0.2, 0.25) is 11.8 Å². The number of amides is 2. The van der Waals surface area contributed by atoms with Crippen LogP contribution in [0.25, 0.3) is 0 Å². The van der Waals surface area contributed by atoms with Crippen molar-refractivity contribution < 1.29 is 14.5 Å². The summed E-state index contributed by atoms with van der Waals surface area (Å²) in [5.74, 6) is -0.665. The molecule has 2 aromatic carbocycles. The van der Waals surface area contributed by atoms with Crippen LogP contribution in [0.15, 0.2) is 53.6 Å². The number of anilines is 1. The molecule has 0 fully saturated rings. The van der Waals surface area contributed by atoms with Crippen LogP contribution in [0.3, 0.4) is 0 Å². The zero-order valence-electron chi connectivity index (χ0n) is 13.5. The second-order valence-electron chi connectivity index (χ2n) is 5.20. The predicted molar refractivity (Wildman–Crippen MR) is 106 cm³/mol. The molecule has 0 atom stereocenters. The summed E-state index contributed by atoms with van der Waals surface area (Å²) in [6.45, 7) is 0. The smallest absolute Gasteiger partial charge is 0.269 e. The minimum Gasteiger partial charge on any atom is -0.326 e. The number of halogens is 1. The van der Waals surface area contributed by atoms with Crippen LogP contribution in [0.2, 0.25) is 0 Å². The van der Waals surface area contributed by atoms with Gasteiger partial charge in [0.1, 0.15) is 0 Å². The quantitative estimate of drug-likeness (QED) is 0.283. The van der Waals surface area contributed by atoms with Crippen molar-refractivity contribution in [2.24, 2.45) is 5.10 Å². The van der Waals surface area contributed by atoms with Crippen LogP contribution >= 0.6 is 22.6 Å². The normalized spacial score (nSPS) is 10.5. The number of carbonyl (C=O) groups is 2. The molecule has 0 aliphatic rings. The molecule has 8 nitrogen and oxygen atoms in total. The molecule has 9 heteroatoms. The lowest BCUT2D eigenvalue weighted by Crippen LogP contribution is -2.20. The number of hydrogen-bond donors (Lipinski definition) is 2. The van der Waals surface area contributed by atoms with Crippen LogP contribution in [0.4, 0.5) is 11.4 Å². The molecule has 0 saturated carbocycles. The van der Waals surface area contributed by atoms with Crippen LogP contribution in [0.1, 0.15) is 18.4 Å². The van der Waals surface area contributed by atoms with E-state index in [9.17, 15) is 19.7 Å². The topological polar surface area (TPSA) is 114 Å². The molecule has 0 unspecified atom stereocenters. The number of nitro benzene ring substituents is 1. The van der Waals surface area contributed by atoms with Crippen molar-refractivity contribution in [2.75, 3.05) is 5.32 Å². The van der Waals surface area contributed by atoms with Crippen molar-refractivity contribution in [1.29, 1.82) is 0 Å². The fourth-order valence-electron chi connectivity index (χ4n) is 1.90. The van der Waals surface area contributed by atoms with E-state index in [0.717, 1.165) is 3.57 Å². The van der Waals surface area contributed by atoms with Gasteiger partial charge in [0.25, 0.3) is 5.69 Å². The van der Waals surface area contributed by atoms with E-state index in [1.165, 1.54) is 30.5 Å². The van der Waals surface area contributed by atoms with E-state index < -0.39 is 10.8 Å². The van der Waals surface area contributed by atoms with Gasteiger partial charge in [-0.2, -0.15) is 5.10 Å². The van der Waals surface area contributed by atoms with Crippen molar-refractivity contribution in [3.8, 4) is 0 Å². The molecule has 0 aromatic heterocycles. The van der Waals surface area contributed by atoms with Gasteiger partial charge >= 0.3 is 0 Å². The highest BCUT2D eigenvalue weighted by molar-refractivity contribution is 14.1. The number of rotatable bonds is 7. The molecular weight excluding hydrogens is 451 g/mol. The standard InChI is InChI=1S/C17H15IN4O4/c18-13-3-5-14(6-4-13)20-16(23)9-10-17(24)21-19-11-12-1-7-15(8-2-12)22(25)26/h1-8,11H,9-10H2,(H,20,23)(H,21,24)/b19-11+. The largest absolute Gasteiger partial charge is 0.326 e. The first kappa shape index (κ1) is 19.5. The first-order valence-electron chi connectivity index (χ1n) is 7.56. The number of hydrazone groups is 1. The summed E-state index contributed by atoms with van der Waals surface area (Å²) in [6.07, 6.45) is 1.39. The first-order valence-corrected chi connectivity index (χ1v) is 8.64. The first-order chi connectivity index (χ1) is 12.4. The molecule has 2 rings (SSSR count). The number of nitrogens with zero attached hydrogens (tertiary/aromatic N) is 2. The molecule has 0 bridgehead atoms. The summed E-state index contributed by atoms with van der Waals surface area (Å²) < 4.78 is 1.06. The van der Waals surface area contributed by atoms with Gasteiger partial charge in [-0.1, -0.05) is 0 Å². The molecule has 2 amide bonds. The van der Waals surface area contributed by atoms with E-state index in [4.69, 9.17) is 0 Å². The van der Waals surface area contributed by atoms with E-state index in [1.807, 2.05) is 12.1 Å². The molecule has 0 saturated heterocycles. The van der Waals surface area contributed by atoms with Crippen LogP contribution in [0.5, 0.6) is 0 Å². The van der Waals surface area contributed by atoms with Gasteiger partial charge in [-0.3, -0.25) is 19.7 Å². The molecule has 26 heavy (non-hydrogen) atoms. The number of non-ortho nitro benzene ring substituents is 1. The minimum absolute atomic E-state index is 0.00615. The number of hydrogen-bond acceptors (Lipinski definition) is 5. The van der Waals surface area contributed by atoms with Crippen molar-refractivity contribution >= 4 is 52.0 Å². The van der Waals surface area contributed by atoms with E-state index >= 15 is 0 Å². The number of carbonyl (C=O) groups excluding carboxylic acids is 2. The van der Waals surface area contributed by atoms with Crippen LogP contribution in [-0.2, 0) is 9.59 Å². The molecule has 0 radical (unpaired) electrons. The van der Waals surface area contributed by atoms with E-state index in [1.54, 1.807) is 12.1 Å². The summed E-state index contributed by atoms with van der Waals surface area (Å²) in [6, 6.07) is 13.0. The Morgan fingerprint density at radius 2 is 1.65 bits per heavy atom. The third kappa shape index (κ3) is 6.59. The second kappa shape index (κ2) is 9.61. The Morgan fingerprint density at radius 3 is 2.27 bits per heavy atom. The SMILES string of the molecule is O=C(CCC(=O)Nc1ccc(I)cc1)N/N=C/c1ccc([N+](=O)[O-])cc1. The minimum atomic E-state index is -0.496. The maximum Gasteiger partial charge on any atom is 0.269 e. The zero-order chi connectivity index (χ0) is 18.9. The molecule has 2 N–H and O–H groups in total. The lowest BCUT2D eigenvalue weighted by molar-refractivity contribution is -0.384. The Labute approximate surface area is 163 Å². The van der Waals surface area contributed by atoms with Crippen molar-refractivity contribution in [1.82, 2.24) is 5.43 Å². The van der Waals surface area contributed by atoms with Crippen LogP contribution in [0, 0.1) is 13.7 Å². The Balaban J connectivity index is 1.73. The molecule has 134 valence electrons. The Hall–Kier alpha value is -2.82. The number of nitro groups is 1. The maximum absolute atomic E-state index is 11.8. The van der Waals surface area contributed by atoms with Crippen LogP contribution < -0.4 is 10.7 Å². The van der Waals surface area contributed by atoms with Gasteiger partial charge in [-0.25, -0.2) is 5.43 Å². The van der Waals surface area contributed by atoms with Crippen LogP contribution in [-0.4, -0.2) is 23.0 Å². The summed E-state index contributed by atoms with van der Waals surface area (Å²) in [5.41, 5.74) is 3.57.